The number of aliphatic hydroxyl groups excluding tert-OH is 1. The van der Waals surface area contributed by atoms with Crippen molar-refractivity contribution >= 4 is 10.8 Å². The molecule has 3 unspecified atom stereocenters. The Balaban J connectivity index is 2.25. The van der Waals surface area contributed by atoms with E-state index in [0.717, 1.165) is 29.8 Å². The summed E-state index contributed by atoms with van der Waals surface area (Å²) in [4.78, 5) is 0. The molecule has 0 aliphatic heterocycles. The quantitative estimate of drug-likeness (QED) is 0.683. The van der Waals surface area contributed by atoms with E-state index in [1.807, 2.05) is 39.0 Å². The van der Waals surface area contributed by atoms with Gasteiger partial charge in [-0.1, -0.05) is 25.1 Å². The molecular weight excluding hydrogens is 286 g/mol. The summed E-state index contributed by atoms with van der Waals surface area (Å²) in [5.41, 5.74) is 2.16. The molecule has 21 heavy (non-hydrogen) atoms. The van der Waals surface area contributed by atoms with Crippen molar-refractivity contribution in [3.8, 4) is 5.75 Å². The molecule has 0 amide bonds. The van der Waals surface area contributed by atoms with E-state index in [0.29, 0.717) is 6.54 Å². The zero-order valence-corrected chi connectivity index (χ0v) is 14.2. The Labute approximate surface area is 130 Å². The van der Waals surface area contributed by atoms with E-state index in [1.54, 1.807) is 6.26 Å². The summed E-state index contributed by atoms with van der Waals surface area (Å²) in [6.07, 6.45) is 2.01. The van der Waals surface area contributed by atoms with Gasteiger partial charge in [0.05, 0.1) is 0 Å². The molecule has 0 aromatic heterocycles. The Morgan fingerprint density at radius 2 is 1.95 bits per heavy atom. The molecule has 0 saturated carbocycles. The van der Waals surface area contributed by atoms with E-state index in [-0.39, 0.29) is 11.9 Å². The predicted octanol–water partition coefficient (Wildman–Crippen LogP) is 1.79. The number of aliphatic hydroxyl groups is 1. The van der Waals surface area contributed by atoms with Crippen molar-refractivity contribution in [1.29, 1.82) is 0 Å². The van der Waals surface area contributed by atoms with Gasteiger partial charge in [-0.3, -0.25) is 4.21 Å². The van der Waals surface area contributed by atoms with Crippen LogP contribution in [0.2, 0.25) is 0 Å². The van der Waals surface area contributed by atoms with Gasteiger partial charge in [0.15, 0.2) is 0 Å². The number of ether oxygens (including phenoxy) is 1. The van der Waals surface area contributed by atoms with E-state index >= 15 is 0 Å². The monoisotopic (exact) mass is 313 g/mol. The van der Waals surface area contributed by atoms with Crippen LogP contribution in [-0.2, 0) is 10.8 Å². The fourth-order valence-corrected chi connectivity index (χ4v) is 2.46. The lowest BCUT2D eigenvalue weighted by Gasteiger charge is -2.16. The van der Waals surface area contributed by atoms with Crippen molar-refractivity contribution in [2.75, 3.05) is 26.0 Å². The molecule has 2 N–H and O–H groups in total. The molecule has 0 aliphatic carbocycles. The summed E-state index contributed by atoms with van der Waals surface area (Å²) in [5, 5.41) is 13.3. The third-order valence-corrected chi connectivity index (χ3v) is 4.87. The maximum atomic E-state index is 11.2. The summed E-state index contributed by atoms with van der Waals surface area (Å²) < 4.78 is 16.9. The standard InChI is InChI=1S/C16H27NO3S/c1-12-6-5-7-13(2)16(12)20-11-15(18)10-17-9-8-14(3)21(4)19/h5-7,14-15,17-18H,8-11H2,1-4H3. The van der Waals surface area contributed by atoms with Crippen LogP contribution in [0.1, 0.15) is 24.5 Å². The smallest absolute Gasteiger partial charge is 0.125 e. The Morgan fingerprint density at radius 1 is 1.33 bits per heavy atom. The third kappa shape index (κ3) is 6.59. The van der Waals surface area contributed by atoms with Crippen LogP contribution < -0.4 is 10.1 Å². The first kappa shape index (κ1) is 18.1. The van der Waals surface area contributed by atoms with Gasteiger partial charge >= 0.3 is 0 Å². The number of hydrogen-bond acceptors (Lipinski definition) is 4. The number of para-hydroxylation sites is 1. The fraction of sp³-hybridized carbons (Fsp3) is 0.625. The van der Waals surface area contributed by atoms with Crippen LogP contribution in [0, 0.1) is 13.8 Å². The summed E-state index contributed by atoms with van der Waals surface area (Å²) in [6.45, 7) is 7.47. The molecule has 0 saturated heterocycles. The van der Waals surface area contributed by atoms with Crippen molar-refractivity contribution in [3.63, 3.8) is 0 Å². The highest BCUT2D eigenvalue weighted by Gasteiger charge is 2.09. The molecule has 0 spiro atoms. The van der Waals surface area contributed by atoms with Gasteiger partial charge in [0, 0.05) is 28.9 Å². The zero-order chi connectivity index (χ0) is 15.8. The highest BCUT2D eigenvalue weighted by molar-refractivity contribution is 7.84. The number of aryl methyl sites for hydroxylation is 2. The van der Waals surface area contributed by atoms with E-state index in [2.05, 4.69) is 5.32 Å². The first-order valence-electron chi connectivity index (χ1n) is 7.31. The lowest BCUT2D eigenvalue weighted by molar-refractivity contribution is 0.106. The van der Waals surface area contributed by atoms with Crippen molar-refractivity contribution < 1.29 is 14.1 Å². The summed E-state index contributed by atoms with van der Waals surface area (Å²) >= 11 is 0. The molecular formula is C16H27NO3S. The molecule has 0 heterocycles. The summed E-state index contributed by atoms with van der Waals surface area (Å²) in [5.74, 6) is 0.853. The Morgan fingerprint density at radius 3 is 2.52 bits per heavy atom. The average molecular weight is 313 g/mol. The highest BCUT2D eigenvalue weighted by Crippen LogP contribution is 2.22. The maximum absolute atomic E-state index is 11.2. The second kappa shape index (κ2) is 9.18. The molecule has 1 aromatic carbocycles. The largest absolute Gasteiger partial charge is 0.490 e. The molecule has 0 radical (unpaired) electrons. The Hall–Kier alpha value is -0.910. The first-order valence-corrected chi connectivity index (χ1v) is 8.94. The molecule has 0 aliphatic rings. The van der Waals surface area contributed by atoms with Crippen LogP contribution in [0.4, 0.5) is 0 Å². The Bertz CT molecular complexity index is 445. The van der Waals surface area contributed by atoms with Gasteiger partial charge in [0.25, 0.3) is 0 Å². The third-order valence-electron chi connectivity index (χ3n) is 3.50. The molecule has 0 bridgehead atoms. The molecule has 5 heteroatoms. The molecule has 1 aromatic rings. The summed E-state index contributed by atoms with van der Waals surface area (Å²) in [7, 11) is -0.785. The minimum Gasteiger partial charge on any atom is -0.490 e. The van der Waals surface area contributed by atoms with Crippen LogP contribution in [0.25, 0.3) is 0 Å². The van der Waals surface area contributed by atoms with E-state index in [4.69, 9.17) is 4.74 Å². The van der Waals surface area contributed by atoms with E-state index < -0.39 is 16.9 Å². The topological polar surface area (TPSA) is 58.6 Å². The van der Waals surface area contributed by atoms with E-state index in [9.17, 15) is 9.32 Å². The maximum Gasteiger partial charge on any atom is 0.125 e. The minimum absolute atomic E-state index is 0.181. The van der Waals surface area contributed by atoms with Crippen molar-refractivity contribution in [1.82, 2.24) is 5.32 Å². The number of benzene rings is 1. The van der Waals surface area contributed by atoms with Gasteiger partial charge < -0.3 is 15.2 Å². The van der Waals surface area contributed by atoms with Gasteiger partial charge in [-0.2, -0.15) is 0 Å². The van der Waals surface area contributed by atoms with Crippen molar-refractivity contribution in [3.05, 3.63) is 29.3 Å². The molecule has 3 atom stereocenters. The first-order chi connectivity index (χ1) is 9.91. The van der Waals surface area contributed by atoms with Crippen molar-refractivity contribution in [2.45, 2.75) is 38.5 Å². The SMILES string of the molecule is Cc1cccc(C)c1OCC(O)CNCCC(C)S(C)=O. The average Bonchev–Trinajstić information content (AvgIpc) is 2.42. The number of nitrogens with one attached hydrogen (secondary N) is 1. The van der Waals surface area contributed by atoms with Crippen LogP contribution in [0.3, 0.4) is 0 Å². The number of rotatable bonds is 9. The van der Waals surface area contributed by atoms with Crippen LogP contribution in [-0.4, -0.2) is 46.6 Å². The summed E-state index contributed by atoms with van der Waals surface area (Å²) in [6, 6.07) is 5.99. The van der Waals surface area contributed by atoms with Gasteiger partial charge in [0.1, 0.15) is 18.5 Å². The number of hydrogen-bond donors (Lipinski definition) is 2. The van der Waals surface area contributed by atoms with Crippen LogP contribution in [0.5, 0.6) is 5.75 Å². The van der Waals surface area contributed by atoms with E-state index in [1.165, 1.54) is 0 Å². The highest BCUT2D eigenvalue weighted by atomic mass is 32.2. The lowest BCUT2D eigenvalue weighted by atomic mass is 10.1. The van der Waals surface area contributed by atoms with Crippen LogP contribution >= 0.6 is 0 Å². The van der Waals surface area contributed by atoms with Gasteiger partial charge in [-0.15, -0.1) is 0 Å². The van der Waals surface area contributed by atoms with Crippen LogP contribution in [0.15, 0.2) is 18.2 Å². The van der Waals surface area contributed by atoms with Gasteiger partial charge in [-0.05, 0) is 37.9 Å². The normalized spacial score (nSPS) is 15.5. The predicted molar refractivity (Wildman–Crippen MR) is 88.4 cm³/mol. The second-order valence-corrected chi connectivity index (χ2v) is 7.29. The molecule has 120 valence electrons. The second-order valence-electron chi connectivity index (χ2n) is 5.49. The fourth-order valence-electron chi connectivity index (χ4n) is 2.01. The molecule has 1 rings (SSSR count). The molecule has 0 fully saturated rings. The Kier molecular flexibility index (Phi) is 7.93. The molecule has 4 nitrogen and oxygen atoms in total. The zero-order valence-electron chi connectivity index (χ0n) is 13.4. The van der Waals surface area contributed by atoms with Gasteiger partial charge in [0.2, 0.25) is 0 Å². The minimum atomic E-state index is -0.785. The van der Waals surface area contributed by atoms with Crippen molar-refractivity contribution in [2.24, 2.45) is 0 Å². The lowest BCUT2D eigenvalue weighted by Crippen LogP contribution is -2.33. The van der Waals surface area contributed by atoms with Gasteiger partial charge in [-0.25, -0.2) is 0 Å².